The molecule has 0 bridgehead atoms. The number of hydrogen-bond acceptors (Lipinski definition) is 2. The largest absolute Gasteiger partial charge is 0.392 e. The van der Waals surface area contributed by atoms with Gasteiger partial charge in [-0.2, -0.15) is 0 Å². The topological polar surface area (TPSA) is 21.6 Å². The van der Waals surface area contributed by atoms with Crippen LogP contribution in [0.5, 0.6) is 0 Å². The van der Waals surface area contributed by atoms with Crippen LogP contribution in [0.3, 0.4) is 0 Å². The number of rotatable bonds is 4. The fraction of sp³-hybridized carbons (Fsp3) is 0.727. The predicted molar refractivity (Wildman–Crippen MR) is 54.8 cm³/mol. The lowest BCUT2D eigenvalue weighted by Crippen LogP contribution is -2.02. The van der Waals surface area contributed by atoms with Crippen LogP contribution >= 0.6 is 0 Å². The Morgan fingerprint density at radius 2 is 2.46 bits per heavy atom. The van der Waals surface area contributed by atoms with E-state index in [9.17, 15) is 0 Å². The highest BCUT2D eigenvalue weighted by molar-refractivity contribution is 5.78. The molecule has 1 atom stereocenters. The second-order valence-corrected chi connectivity index (χ2v) is 3.50. The summed E-state index contributed by atoms with van der Waals surface area (Å²) in [7, 11) is 0. The van der Waals surface area contributed by atoms with Crippen LogP contribution in [0.4, 0.5) is 0 Å². The highest BCUT2D eigenvalue weighted by Crippen LogP contribution is 2.15. The van der Waals surface area contributed by atoms with E-state index in [0.717, 1.165) is 12.8 Å². The molecule has 0 aromatic carbocycles. The molecule has 1 aliphatic rings. The smallest absolute Gasteiger partial charge is 0.135 e. The first-order valence-electron chi connectivity index (χ1n) is 5.14. The molecule has 0 saturated heterocycles. The molecule has 0 heterocycles. The van der Waals surface area contributed by atoms with Crippen LogP contribution in [0, 0.1) is 0 Å². The Balaban J connectivity index is 2.26. The van der Waals surface area contributed by atoms with Crippen LogP contribution in [0.1, 0.15) is 46.0 Å². The first-order valence-corrected chi connectivity index (χ1v) is 5.14. The summed E-state index contributed by atoms with van der Waals surface area (Å²) in [6.07, 6.45) is 11.2. The van der Waals surface area contributed by atoms with Crippen LogP contribution in [-0.4, -0.2) is 12.3 Å². The van der Waals surface area contributed by atoms with Gasteiger partial charge in [-0.3, -0.25) is 0 Å². The molecule has 0 aliphatic heterocycles. The Morgan fingerprint density at radius 1 is 1.62 bits per heavy atom. The zero-order valence-corrected chi connectivity index (χ0v) is 8.55. The van der Waals surface area contributed by atoms with E-state index in [2.05, 4.69) is 24.4 Å². The van der Waals surface area contributed by atoms with Gasteiger partial charge < -0.3 is 4.84 Å². The lowest BCUT2D eigenvalue weighted by Gasteiger charge is -2.08. The molecule has 0 fully saturated rings. The van der Waals surface area contributed by atoms with Crippen LogP contribution in [0.2, 0.25) is 0 Å². The van der Waals surface area contributed by atoms with Crippen LogP contribution in [0.25, 0.3) is 0 Å². The van der Waals surface area contributed by atoms with Crippen molar-refractivity contribution in [3.8, 4) is 0 Å². The molecular weight excluding hydrogens is 162 g/mol. The summed E-state index contributed by atoms with van der Waals surface area (Å²) in [5.74, 6) is 0. The Labute approximate surface area is 80.7 Å². The molecule has 0 amide bonds. The van der Waals surface area contributed by atoms with E-state index in [1.807, 2.05) is 6.92 Å². The van der Waals surface area contributed by atoms with Crippen LogP contribution in [-0.2, 0) is 4.84 Å². The van der Waals surface area contributed by atoms with Gasteiger partial charge in [0.1, 0.15) is 12.3 Å². The van der Waals surface area contributed by atoms with Crippen molar-refractivity contribution >= 4 is 6.21 Å². The van der Waals surface area contributed by atoms with Gasteiger partial charge in [0.05, 0.1) is 0 Å². The van der Waals surface area contributed by atoms with Gasteiger partial charge >= 0.3 is 0 Å². The maximum Gasteiger partial charge on any atom is 0.135 e. The SMILES string of the molecule is CCC(C)O/N=[C]/C1=CCCCC1. The summed E-state index contributed by atoms with van der Waals surface area (Å²) in [6.45, 7) is 4.10. The first-order chi connectivity index (χ1) is 6.33. The van der Waals surface area contributed by atoms with Crippen LogP contribution < -0.4 is 0 Å². The number of hydrogen-bond donors (Lipinski definition) is 0. The third kappa shape index (κ3) is 4.11. The zero-order valence-electron chi connectivity index (χ0n) is 8.55. The molecule has 0 N–H and O–H groups in total. The second kappa shape index (κ2) is 5.79. The van der Waals surface area contributed by atoms with E-state index < -0.39 is 0 Å². The van der Waals surface area contributed by atoms with Gasteiger partial charge in [0.25, 0.3) is 0 Å². The summed E-state index contributed by atoms with van der Waals surface area (Å²) in [5, 5.41) is 3.85. The molecule has 0 aromatic rings. The quantitative estimate of drug-likeness (QED) is 0.481. The van der Waals surface area contributed by atoms with Gasteiger partial charge in [0, 0.05) is 0 Å². The van der Waals surface area contributed by atoms with E-state index in [4.69, 9.17) is 4.84 Å². The Bertz CT molecular complexity index is 196. The molecule has 1 unspecified atom stereocenters. The molecular formula is C11H18NO. The van der Waals surface area contributed by atoms with Crippen molar-refractivity contribution in [2.75, 3.05) is 0 Å². The molecule has 73 valence electrons. The Morgan fingerprint density at radius 3 is 3.08 bits per heavy atom. The standard InChI is InChI=1S/C11H18NO/c1-3-10(2)13-12-9-11-7-5-4-6-8-11/h7,10H,3-6,8H2,1-2H3. The van der Waals surface area contributed by atoms with Gasteiger partial charge in [-0.25, -0.2) is 0 Å². The van der Waals surface area contributed by atoms with Crippen molar-refractivity contribution in [3.05, 3.63) is 11.6 Å². The molecule has 0 aromatic heterocycles. The summed E-state index contributed by atoms with van der Waals surface area (Å²) in [4.78, 5) is 5.17. The molecule has 0 spiro atoms. The van der Waals surface area contributed by atoms with Crippen molar-refractivity contribution in [1.29, 1.82) is 0 Å². The molecule has 0 saturated carbocycles. The van der Waals surface area contributed by atoms with E-state index in [1.165, 1.54) is 24.8 Å². The van der Waals surface area contributed by atoms with Gasteiger partial charge in [-0.15, -0.1) is 0 Å². The summed E-state index contributed by atoms with van der Waals surface area (Å²) in [6, 6.07) is 0. The average molecular weight is 180 g/mol. The fourth-order valence-corrected chi connectivity index (χ4v) is 1.19. The van der Waals surface area contributed by atoms with Crippen molar-refractivity contribution < 1.29 is 4.84 Å². The van der Waals surface area contributed by atoms with Crippen molar-refractivity contribution in [2.45, 2.75) is 52.1 Å². The Hall–Kier alpha value is -0.790. The highest BCUT2D eigenvalue weighted by Gasteiger charge is 2.01. The van der Waals surface area contributed by atoms with Crippen molar-refractivity contribution in [3.63, 3.8) is 0 Å². The van der Waals surface area contributed by atoms with E-state index in [-0.39, 0.29) is 6.10 Å². The molecule has 13 heavy (non-hydrogen) atoms. The Kier molecular flexibility index (Phi) is 4.58. The second-order valence-electron chi connectivity index (χ2n) is 3.50. The fourth-order valence-electron chi connectivity index (χ4n) is 1.19. The van der Waals surface area contributed by atoms with Gasteiger partial charge in [0.2, 0.25) is 0 Å². The predicted octanol–water partition coefficient (Wildman–Crippen LogP) is 3.16. The number of allylic oxidation sites excluding steroid dienone is 2. The summed E-state index contributed by atoms with van der Waals surface area (Å²) < 4.78 is 0. The molecule has 1 rings (SSSR count). The first kappa shape index (κ1) is 10.3. The van der Waals surface area contributed by atoms with E-state index in [1.54, 1.807) is 0 Å². The van der Waals surface area contributed by atoms with Gasteiger partial charge in [-0.1, -0.05) is 18.2 Å². The third-order valence-electron chi connectivity index (χ3n) is 2.29. The summed E-state index contributed by atoms with van der Waals surface area (Å²) in [5.41, 5.74) is 1.20. The van der Waals surface area contributed by atoms with E-state index >= 15 is 0 Å². The van der Waals surface area contributed by atoms with Crippen LogP contribution in [0.15, 0.2) is 16.8 Å². The van der Waals surface area contributed by atoms with Crippen molar-refractivity contribution in [2.24, 2.45) is 5.16 Å². The minimum absolute atomic E-state index is 0.205. The van der Waals surface area contributed by atoms with Gasteiger partial charge in [-0.05, 0) is 44.6 Å². The van der Waals surface area contributed by atoms with Crippen molar-refractivity contribution in [1.82, 2.24) is 0 Å². The minimum atomic E-state index is 0.205. The third-order valence-corrected chi connectivity index (χ3v) is 2.29. The summed E-state index contributed by atoms with van der Waals surface area (Å²) >= 11 is 0. The lowest BCUT2D eigenvalue weighted by molar-refractivity contribution is 0.0711. The molecule has 2 nitrogen and oxygen atoms in total. The number of nitrogens with zero attached hydrogens (tertiary/aromatic N) is 1. The molecule has 1 aliphatic carbocycles. The normalized spacial score (nSPS) is 20.0. The minimum Gasteiger partial charge on any atom is -0.392 e. The molecule has 2 heteroatoms. The highest BCUT2D eigenvalue weighted by atomic mass is 16.6. The maximum atomic E-state index is 5.17. The van der Waals surface area contributed by atoms with Gasteiger partial charge in [0.15, 0.2) is 0 Å². The van der Waals surface area contributed by atoms with E-state index in [0.29, 0.717) is 0 Å². The zero-order chi connectivity index (χ0) is 9.52. The maximum absolute atomic E-state index is 5.17. The monoisotopic (exact) mass is 180 g/mol. The molecule has 1 radical (unpaired) electrons. The lowest BCUT2D eigenvalue weighted by atomic mass is 10.0. The average Bonchev–Trinajstić information content (AvgIpc) is 2.19.